The smallest absolute Gasteiger partial charge is 0.238 e. The normalized spacial score (nSPS) is 17.8. The minimum absolute atomic E-state index is 0.108. The number of nitrogens with two attached hydrogens (primary N) is 1. The molecule has 2 aromatic carbocycles. The molecule has 28 heavy (non-hydrogen) atoms. The highest BCUT2D eigenvalue weighted by Gasteiger charge is 2.20. The fourth-order valence-corrected chi connectivity index (χ4v) is 3.70. The van der Waals surface area contributed by atoms with Crippen molar-refractivity contribution < 1.29 is 13.2 Å². The van der Waals surface area contributed by atoms with Gasteiger partial charge in [-0.15, -0.1) is 0 Å². The molecular formula is C22H24N2O3S. The number of rotatable bonds is 6. The van der Waals surface area contributed by atoms with Crippen LogP contribution in [0, 0.1) is 0 Å². The number of hydrogen-bond acceptors (Lipinski definition) is 4. The summed E-state index contributed by atoms with van der Waals surface area (Å²) in [6.45, 7) is 0.656. The number of sulfonamides is 1. The number of primary sulfonamides is 1. The fourth-order valence-electron chi connectivity index (χ4n) is 3.19. The lowest BCUT2D eigenvalue weighted by atomic mass is 9.88. The van der Waals surface area contributed by atoms with Gasteiger partial charge in [-0.1, -0.05) is 42.5 Å². The molecule has 0 heterocycles. The van der Waals surface area contributed by atoms with Crippen molar-refractivity contribution in [1.29, 1.82) is 0 Å². The Bertz CT molecular complexity index is 992. The van der Waals surface area contributed by atoms with Crippen molar-refractivity contribution in [3.8, 4) is 0 Å². The maximum Gasteiger partial charge on any atom is 0.238 e. The molecule has 0 aromatic heterocycles. The maximum atomic E-state index is 12.7. The van der Waals surface area contributed by atoms with Crippen LogP contribution in [0.3, 0.4) is 0 Å². The highest BCUT2D eigenvalue weighted by Crippen LogP contribution is 2.26. The Morgan fingerprint density at radius 3 is 2.32 bits per heavy atom. The Kier molecular flexibility index (Phi) is 6.44. The van der Waals surface area contributed by atoms with Gasteiger partial charge in [0.2, 0.25) is 10.0 Å². The maximum absolute atomic E-state index is 12.7. The van der Waals surface area contributed by atoms with Crippen molar-refractivity contribution in [3.63, 3.8) is 0 Å². The lowest BCUT2D eigenvalue weighted by Gasteiger charge is -2.16. The average Bonchev–Trinajstić information content (AvgIpc) is 2.68. The highest BCUT2D eigenvalue weighted by atomic mass is 32.2. The van der Waals surface area contributed by atoms with Crippen LogP contribution in [0.2, 0.25) is 0 Å². The molecule has 0 radical (unpaired) electrons. The molecule has 1 fully saturated rings. The Morgan fingerprint density at radius 1 is 0.964 bits per heavy atom. The van der Waals surface area contributed by atoms with Gasteiger partial charge in [0.05, 0.1) is 4.90 Å². The first-order chi connectivity index (χ1) is 13.4. The van der Waals surface area contributed by atoms with Crippen molar-refractivity contribution in [2.75, 3.05) is 6.54 Å². The lowest BCUT2D eigenvalue weighted by molar-refractivity contribution is -0.112. The molecule has 5 nitrogen and oxygen atoms in total. The van der Waals surface area contributed by atoms with Crippen LogP contribution in [0.5, 0.6) is 0 Å². The van der Waals surface area contributed by atoms with Gasteiger partial charge in [0.15, 0.2) is 5.78 Å². The summed E-state index contributed by atoms with van der Waals surface area (Å²) in [5.74, 6) is 0.111. The van der Waals surface area contributed by atoms with Crippen LogP contribution in [-0.2, 0) is 21.2 Å². The van der Waals surface area contributed by atoms with E-state index in [0.29, 0.717) is 6.54 Å². The average molecular weight is 397 g/mol. The van der Waals surface area contributed by atoms with Crippen LogP contribution >= 0.6 is 0 Å². The number of benzene rings is 2. The molecule has 1 aliphatic carbocycles. The van der Waals surface area contributed by atoms with Crippen molar-refractivity contribution in [3.05, 3.63) is 83.1 Å². The van der Waals surface area contributed by atoms with Gasteiger partial charge in [-0.25, -0.2) is 13.6 Å². The van der Waals surface area contributed by atoms with Crippen molar-refractivity contribution in [1.82, 2.24) is 5.32 Å². The summed E-state index contributed by atoms with van der Waals surface area (Å²) in [4.78, 5) is 12.8. The minimum atomic E-state index is -3.66. The third kappa shape index (κ3) is 5.41. The Hall–Kier alpha value is -2.70. The molecule has 3 N–H and O–H groups in total. The van der Waals surface area contributed by atoms with E-state index in [9.17, 15) is 13.2 Å². The van der Waals surface area contributed by atoms with E-state index in [0.717, 1.165) is 48.0 Å². The summed E-state index contributed by atoms with van der Waals surface area (Å²) in [6, 6.07) is 16.4. The van der Waals surface area contributed by atoms with E-state index in [2.05, 4.69) is 5.32 Å². The first-order valence-electron chi connectivity index (χ1n) is 9.28. The highest BCUT2D eigenvalue weighted by molar-refractivity contribution is 7.89. The van der Waals surface area contributed by atoms with Gasteiger partial charge >= 0.3 is 0 Å². The molecule has 0 bridgehead atoms. The van der Waals surface area contributed by atoms with E-state index in [1.807, 2.05) is 42.6 Å². The summed E-state index contributed by atoms with van der Waals surface area (Å²) >= 11 is 0. The van der Waals surface area contributed by atoms with Crippen molar-refractivity contribution >= 4 is 21.9 Å². The molecule has 0 amide bonds. The van der Waals surface area contributed by atoms with Gasteiger partial charge in [-0.3, -0.25) is 4.79 Å². The third-order valence-electron chi connectivity index (χ3n) is 4.70. The van der Waals surface area contributed by atoms with Crippen molar-refractivity contribution in [2.45, 2.75) is 30.6 Å². The van der Waals surface area contributed by atoms with Gasteiger partial charge in [-0.2, -0.15) is 0 Å². The van der Waals surface area contributed by atoms with E-state index >= 15 is 0 Å². The molecule has 0 spiro atoms. The first-order valence-corrected chi connectivity index (χ1v) is 10.8. The van der Waals surface area contributed by atoms with Gasteiger partial charge in [0.1, 0.15) is 0 Å². The molecule has 1 aliphatic rings. The largest absolute Gasteiger partial charge is 0.390 e. The second kappa shape index (κ2) is 8.99. The van der Waals surface area contributed by atoms with E-state index in [4.69, 9.17) is 5.14 Å². The number of Topliss-reactive ketones (excluding diaryl/α,β-unsaturated/α-hetero) is 1. The van der Waals surface area contributed by atoms with Crippen LogP contribution in [0.25, 0.3) is 6.08 Å². The summed E-state index contributed by atoms with van der Waals surface area (Å²) in [5.41, 5.74) is 3.70. The lowest BCUT2D eigenvalue weighted by Crippen LogP contribution is -2.17. The number of hydrogen-bond donors (Lipinski definition) is 2. The van der Waals surface area contributed by atoms with E-state index in [-0.39, 0.29) is 10.7 Å². The van der Waals surface area contributed by atoms with Crippen LogP contribution in [0.15, 0.2) is 76.8 Å². The van der Waals surface area contributed by atoms with Crippen LogP contribution < -0.4 is 10.5 Å². The number of nitrogens with one attached hydrogen (secondary N) is 1. The second-order valence-corrected chi connectivity index (χ2v) is 8.39. The molecule has 3 rings (SSSR count). The first kappa shape index (κ1) is 20.0. The third-order valence-corrected chi connectivity index (χ3v) is 5.63. The minimum Gasteiger partial charge on any atom is -0.390 e. The quantitative estimate of drug-likeness (QED) is 0.580. The van der Waals surface area contributed by atoms with Gasteiger partial charge < -0.3 is 5.32 Å². The molecule has 6 heteroatoms. The van der Waals surface area contributed by atoms with Crippen LogP contribution in [0.1, 0.15) is 30.4 Å². The molecule has 0 atom stereocenters. The number of carbonyl (C=O) groups is 1. The SMILES string of the molecule is NS(=O)(=O)c1ccc(CCNC=C2CCCC(=Cc3ccccc3)C2=O)cc1. The molecule has 0 saturated heterocycles. The molecule has 146 valence electrons. The van der Waals surface area contributed by atoms with Crippen LogP contribution in [-0.4, -0.2) is 20.7 Å². The summed E-state index contributed by atoms with van der Waals surface area (Å²) in [6.07, 6.45) is 7.06. The Labute approximate surface area is 166 Å². The zero-order valence-electron chi connectivity index (χ0n) is 15.6. The summed E-state index contributed by atoms with van der Waals surface area (Å²) in [7, 11) is -3.66. The van der Waals surface area contributed by atoms with E-state index < -0.39 is 10.0 Å². The zero-order chi connectivity index (χ0) is 20.0. The predicted molar refractivity (Wildman–Crippen MR) is 111 cm³/mol. The Morgan fingerprint density at radius 2 is 1.64 bits per heavy atom. The number of ketones is 1. The van der Waals surface area contributed by atoms with E-state index in [1.54, 1.807) is 12.1 Å². The predicted octanol–water partition coefficient (Wildman–Crippen LogP) is 3.19. The Balaban J connectivity index is 1.57. The number of allylic oxidation sites excluding steroid dienone is 2. The van der Waals surface area contributed by atoms with Gasteiger partial charge in [-0.05, 0) is 55.0 Å². The van der Waals surface area contributed by atoms with Gasteiger partial charge in [0, 0.05) is 23.9 Å². The zero-order valence-corrected chi connectivity index (χ0v) is 16.4. The van der Waals surface area contributed by atoms with E-state index in [1.165, 1.54) is 12.1 Å². The molecule has 0 unspecified atom stereocenters. The molecule has 1 saturated carbocycles. The summed E-state index contributed by atoms with van der Waals surface area (Å²) < 4.78 is 22.5. The second-order valence-electron chi connectivity index (χ2n) is 6.83. The molecular weight excluding hydrogens is 372 g/mol. The van der Waals surface area contributed by atoms with Gasteiger partial charge in [0.25, 0.3) is 0 Å². The monoisotopic (exact) mass is 396 g/mol. The number of carbonyl (C=O) groups excluding carboxylic acids is 1. The van der Waals surface area contributed by atoms with Crippen molar-refractivity contribution in [2.24, 2.45) is 5.14 Å². The molecule has 0 aliphatic heterocycles. The fraction of sp³-hybridized carbons (Fsp3) is 0.227. The topological polar surface area (TPSA) is 89.3 Å². The standard InChI is InChI=1S/C22H24N2O3S/c23-28(26,27)21-11-9-17(10-12-21)13-14-24-16-20-8-4-7-19(22(20)25)15-18-5-2-1-3-6-18/h1-3,5-6,9-12,15-16,24H,4,7-8,13-14H2,(H2,23,26,27). The van der Waals surface area contributed by atoms with Crippen LogP contribution in [0.4, 0.5) is 0 Å². The summed E-state index contributed by atoms with van der Waals surface area (Å²) in [5, 5.41) is 8.31. The molecule has 2 aromatic rings.